The number of aromatic amines is 2. The van der Waals surface area contributed by atoms with Crippen LogP contribution in [-0.2, 0) is 14.3 Å². The van der Waals surface area contributed by atoms with Gasteiger partial charge in [-0.2, -0.15) is 5.26 Å². The number of benzene rings is 2. The molecule has 4 rings (SSSR count). The average Bonchev–Trinajstić information content (AvgIpc) is 3.57. The van der Waals surface area contributed by atoms with Gasteiger partial charge in [0.15, 0.2) is 5.82 Å². The van der Waals surface area contributed by atoms with Crippen molar-refractivity contribution < 1.29 is 23.6 Å². The Bertz CT molecular complexity index is 1610. The number of fused-ring (bicyclic) bond motifs is 1. The zero-order valence-corrected chi connectivity index (χ0v) is 21.1. The number of hydrogen-bond acceptors (Lipinski definition) is 8. The molecule has 12 heteroatoms. The third kappa shape index (κ3) is 6.78. The van der Waals surface area contributed by atoms with Crippen LogP contribution in [0.4, 0.5) is 11.4 Å². The van der Waals surface area contributed by atoms with E-state index in [0.717, 1.165) is 24.6 Å². The number of esters is 1. The van der Waals surface area contributed by atoms with Crippen LogP contribution < -0.4 is 16.4 Å². The number of aromatic nitrogens is 3. The highest BCUT2D eigenvalue weighted by Gasteiger charge is 2.17. The number of hydrogen-bond donors (Lipinski definition) is 4. The highest BCUT2D eigenvalue weighted by Crippen LogP contribution is 2.28. The van der Waals surface area contributed by atoms with Crippen LogP contribution in [0.1, 0.15) is 54.6 Å². The molecule has 4 aromatic rings. The van der Waals surface area contributed by atoms with Crippen LogP contribution >= 0.6 is 0 Å². The summed E-state index contributed by atoms with van der Waals surface area (Å²) in [5, 5.41) is 19.3. The Labute approximate surface area is 222 Å². The maximum Gasteiger partial charge on any atom is 0.439 e. The van der Waals surface area contributed by atoms with Crippen molar-refractivity contribution in [3.8, 4) is 17.5 Å². The molecule has 0 aliphatic heterocycles. The molecule has 0 saturated carbocycles. The number of anilines is 2. The van der Waals surface area contributed by atoms with Crippen molar-refractivity contribution in [2.24, 2.45) is 0 Å². The molecule has 2 aromatic carbocycles. The van der Waals surface area contributed by atoms with Gasteiger partial charge in [-0.1, -0.05) is 30.1 Å². The van der Waals surface area contributed by atoms with Crippen molar-refractivity contribution in [3.63, 3.8) is 0 Å². The van der Waals surface area contributed by atoms with E-state index in [1.54, 1.807) is 18.2 Å². The van der Waals surface area contributed by atoms with Gasteiger partial charge in [0.2, 0.25) is 5.91 Å². The molecule has 0 atom stereocenters. The summed E-state index contributed by atoms with van der Waals surface area (Å²) in [4.78, 5) is 53.7. The molecule has 12 nitrogen and oxygen atoms in total. The molecule has 0 radical (unpaired) electrons. The average molecular weight is 531 g/mol. The van der Waals surface area contributed by atoms with E-state index in [0.29, 0.717) is 47.3 Å². The molecule has 0 aliphatic carbocycles. The number of H-pyrrole nitrogens is 2. The standard InChI is InChI=1S/C27H26N6O6/c1-38-23(35)10-5-3-2-4-9-22(34)29-20-8-6-7-17-14-21(30-24(17)20)26(36)31-19-12-11-16(15-28)13-18(19)25-32-27(37)39-33-25/h6-8,11-14,30H,2-5,9-10H2,1H3,(H,29,34)(H,31,36)(H,32,33,37). The van der Waals surface area contributed by atoms with Gasteiger partial charge in [-0.05, 0) is 43.2 Å². The zero-order chi connectivity index (χ0) is 27.8. The number of carbonyl (C=O) groups is 3. The van der Waals surface area contributed by atoms with Crippen molar-refractivity contribution in [2.45, 2.75) is 38.5 Å². The molecule has 0 aliphatic rings. The van der Waals surface area contributed by atoms with E-state index >= 15 is 0 Å². The molecule has 2 amide bonds. The maximum atomic E-state index is 13.1. The first-order valence-electron chi connectivity index (χ1n) is 12.3. The lowest BCUT2D eigenvalue weighted by Crippen LogP contribution is -2.13. The van der Waals surface area contributed by atoms with Gasteiger partial charge < -0.3 is 20.4 Å². The lowest BCUT2D eigenvalue weighted by Gasteiger charge is -2.09. The van der Waals surface area contributed by atoms with Crippen LogP contribution in [0.2, 0.25) is 0 Å². The number of methoxy groups -OCH3 is 1. The van der Waals surface area contributed by atoms with Gasteiger partial charge in [-0.3, -0.25) is 23.9 Å². The van der Waals surface area contributed by atoms with Crippen LogP contribution in [0.3, 0.4) is 0 Å². The maximum absolute atomic E-state index is 13.1. The Morgan fingerprint density at radius 1 is 1.00 bits per heavy atom. The highest BCUT2D eigenvalue weighted by molar-refractivity contribution is 6.09. The summed E-state index contributed by atoms with van der Waals surface area (Å²) in [6.07, 6.45) is 3.77. The fourth-order valence-electron chi connectivity index (χ4n) is 4.06. The van der Waals surface area contributed by atoms with Crippen LogP contribution in [-0.4, -0.2) is 40.0 Å². The van der Waals surface area contributed by atoms with Gasteiger partial charge in [0, 0.05) is 23.8 Å². The number of rotatable bonds is 11. The molecule has 2 heterocycles. The van der Waals surface area contributed by atoms with Crippen LogP contribution in [0.5, 0.6) is 0 Å². The van der Waals surface area contributed by atoms with Gasteiger partial charge in [0.1, 0.15) is 5.69 Å². The summed E-state index contributed by atoms with van der Waals surface area (Å²) in [7, 11) is 1.36. The third-order valence-electron chi connectivity index (χ3n) is 6.03. The van der Waals surface area contributed by atoms with Crippen LogP contribution in [0.15, 0.2) is 51.8 Å². The zero-order valence-electron chi connectivity index (χ0n) is 21.1. The number of ether oxygens (including phenoxy) is 1. The fourth-order valence-corrected chi connectivity index (χ4v) is 4.06. The molecule has 0 fully saturated rings. The molecule has 0 bridgehead atoms. The lowest BCUT2D eigenvalue weighted by atomic mass is 10.1. The van der Waals surface area contributed by atoms with E-state index in [2.05, 4.69) is 35.0 Å². The Morgan fingerprint density at radius 2 is 1.79 bits per heavy atom. The smallest absolute Gasteiger partial charge is 0.439 e. The van der Waals surface area contributed by atoms with Gasteiger partial charge in [-0.25, -0.2) is 4.79 Å². The molecule has 0 spiro atoms. The van der Waals surface area contributed by atoms with E-state index in [-0.39, 0.29) is 23.4 Å². The van der Waals surface area contributed by atoms with Crippen LogP contribution in [0, 0.1) is 11.3 Å². The second-order valence-electron chi connectivity index (χ2n) is 8.76. The number of unbranched alkanes of at least 4 members (excludes halogenated alkanes) is 3. The normalized spacial score (nSPS) is 10.7. The van der Waals surface area contributed by atoms with Crippen molar-refractivity contribution in [1.29, 1.82) is 5.26 Å². The lowest BCUT2D eigenvalue weighted by molar-refractivity contribution is -0.140. The highest BCUT2D eigenvalue weighted by atomic mass is 16.5. The SMILES string of the molecule is COC(=O)CCCCCCC(=O)Nc1cccc2cc(C(=O)Nc3ccc(C#N)cc3-c3noc(=O)[nH]3)[nH]c12. The molecule has 0 saturated heterocycles. The molecule has 2 aromatic heterocycles. The summed E-state index contributed by atoms with van der Waals surface area (Å²) >= 11 is 0. The van der Waals surface area contributed by atoms with Crippen molar-refractivity contribution >= 4 is 40.1 Å². The summed E-state index contributed by atoms with van der Waals surface area (Å²) < 4.78 is 9.18. The molecule has 0 unspecified atom stereocenters. The van der Waals surface area contributed by atoms with E-state index in [4.69, 9.17) is 0 Å². The predicted octanol–water partition coefficient (Wildman–Crippen LogP) is 4.09. The summed E-state index contributed by atoms with van der Waals surface area (Å²) in [5.41, 5.74) is 2.29. The molecular weight excluding hydrogens is 504 g/mol. The van der Waals surface area contributed by atoms with E-state index in [1.165, 1.54) is 25.3 Å². The summed E-state index contributed by atoms with van der Waals surface area (Å²) in [6.45, 7) is 0. The predicted molar refractivity (Wildman–Crippen MR) is 142 cm³/mol. The minimum absolute atomic E-state index is 0.0671. The van der Waals surface area contributed by atoms with E-state index in [9.17, 15) is 24.4 Å². The minimum atomic E-state index is -0.770. The second-order valence-corrected chi connectivity index (χ2v) is 8.76. The Kier molecular flexibility index (Phi) is 8.53. The number of nitrogens with zero attached hydrogens (tertiary/aromatic N) is 2. The number of nitrogens with one attached hydrogen (secondary N) is 4. The van der Waals surface area contributed by atoms with Gasteiger partial charge in [0.25, 0.3) is 5.91 Å². The van der Waals surface area contributed by atoms with E-state index in [1.807, 2.05) is 12.1 Å². The Hall–Kier alpha value is -5.18. The minimum Gasteiger partial charge on any atom is -0.469 e. The first-order valence-corrected chi connectivity index (χ1v) is 12.3. The summed E-state index contributed by atoms with van der Waals surface area (Å²) in [5.74, 6) is -1.57. The van der Waals surface area contributed by atoms with Gasteiger partial charge >= 0.3 is 11.7 Å². The molecule has 4 N–H and O–H groups in total. The van der Waals surface area contributed by atoms with Gasteiger partial charge in [0.05, 0.1) is 35.6 Å². The van der Waals surface area contributed by atoms with Crippen LogP contribution in [0.25, 0.3) is 22.3 Å². The fraction of sp³-hybridized carbons (Fsp3) is 0.259. The van der Waals surface area contributed by atoms with Crippen molar-refractivity contribution in [2.75, 3.05) is 17.7 Å². The third-order valence-corrected chi connectivity index (χ3v) is 6.03. The number of para-hydroxylation sites is 1. The molecule has 39 heavy (non-hydrogen) atoms. The second kappa shape index (κ2) is 12.4. The van der Waals surface area contributed by atoms with Gasteiger partial charge in [-0.15, -0.1) is 0 Å². The monoisotopic (exact) mass is 530 g/mol. The number of carbonyl (C=O) groups excluding carboxylic acids is 3. The summed E-state index contributed by atoms with van der Waals surface area (Å²) in [6, 6.07) is 13.5. The van der Waals surface area contributed by atoms with Crippen molar-refractivity contribution in [1.82, 2.24) is 15.1 Å². The largest absolute Gasteiger partial charge is 0.469 e. The van der Waals surface area contributed by atoms with E-state index < -0.39 is 11.7 Å². The quantitative estimate of drug-likeness (QED) is 0.165. The number of amides is 2. The first-order chi connectivity index (χ1) is 18.9. The first kappa shape index (κ1) is 26.9. The Morgan fingerprint density at radius 3 is 2.51 bits per heavy atom. The topological polar surface area (TPSA) is 183 Å². The number of nitriles is 1. The Balaban J connectivity index is 1.43. The molecule has 200 valence electrons. The molecular formula is C27H26N6O6. The van der Waals surface area contributed by atoms with Crippen molar-refractivity contribution in [3.05, 3.63) is 64.3 Å².